The fraction of sp³-hybridized carbons (Fsp3) is 0.231. The number of ether oxygens (including phenoxy) is 1. The summed E-state index contributed by atoms with van der Waals surface area (Å²) in [5.41, 5.74) is 1.10. The van der Waals surface area contributed by atoms with Crippen LogP contribution in [0.2, 0.25) is 0 Å². The molecule has 2 rings (SSSR count). The molecule has 1 aromatic heterocycles. The van der Waals surface area contributed by atoms with Gasteiger partial charge in [-0.2, -0.15) is 0 Å². The summed E-state index contributed by atoms with van der Waals surface area (Å²) in [6.07, 6.45) is 0.612. The van der Waals surface area contributed by atoms with Crippen LogP contribution in [0.4, 0.5) is 5.69 Å². The third kappa shape index (κ3) is 3.16. The molecule has 0 aliphatic heterocycles. The van der Waals surface area contributed by atoms with Crippen LogP contribution in [-0.2, 0) is 6.42 Å². The number of amides is 1. The summed E-state index contributed by atoms with van der Waals surface area (Å²) in [6.45, 7) is 1.89. The van der Waals surface area contributed by atoms with Gasteiger partial charge in [0.05, 0.1) is 12.8 Å². The Labute approximate surface area is 124 Å². The number of rotatable bonds is 5. The molecule has 1 amide bonds. The minimum absolute atomic E-state index is 0.0317. The average molecular weight is 307 g/mol. The number of aryl methyl sites for hydroxylation is 1. The van der Waals surface area contributed by atoms with Crippen molar-refractivity contribution in [3.63, 3.8) is 0 Å². The summed E-state index contributed by atoms with van der Waals surface area (Å²) in [6, 6.07) is 4.34. The van der Waals surface area contributed by atoms with Crippen LogP contribution < -0.4 is 10.1 Å². The zero-order chi connectivity index (χ0) is 15.4. The smallest absolute Gasteiger partial charge is 0.339 e. The number of benzene rings is 1. The molecule has 0 fully saturated rings. The van der Waals surface area contributed by atoms with Crippen LogP contribution in [0.15, 0.2) is 18.2 Å². The second-order valence-corrected chi connectivity index (χ2v) is 4.83. The maximum Gasteiger partial charge on any atom is 0.339 e. The van der Waals surface area contributed by atoms with E-state index in [-0.39, 0.29) is 17.2 Å². The Bertz CT molecular complexity index is 684. The number of carbonyl (C=O) groups is 2. The Morgan fingerprint density at radius 1 is 1.43 bits per heavy atom. The first kappa shape index (κ1) is 14.9. The Hall–Kier alpha value is -2.48. The van der Waals surface area contributed by atoms with Crippen molar-refractivity contribution in [3.8, 4) is 5.75 Å². The number of aromatic nitrogens is 2. The lowest BCUT2D eigenvalue weighted by Crippen LogP contribution is -2.13. The molecule has 0 aliphatic carbocycles. The van der Waals surface area contributed by atoms with Crippen molar-refractivity contribution in [2.75, 3.05) is 12.4 Å². The van der Waals surface area contributed by atoms with Crippen LogP contribution in [-0.4, -0.2) is 33.7 Å². The summed E-state index contributed by atoms with van der Waals surface area (Å²) >= 11 is 1.02. The van der Waals surface area contributed by atoms with Crippen LogP contribution >= 0.6 is 11.5 Å². The summed E-state index contributed by atoms with van der Waals surface area (Å²) in [4.78, 5) is 23.6. The number of methoxy groups -OCH3 is 1. The van der Waals surface area contributed by atoms with E-state index in [1.807, 2.05) is 6.92 Å². The Kier molecular flexibility index (Phi) is 4.49. The lowest BCUT2D eigenvalue weighted by molar-refractivity contribution is 0.0693. The van der Waals surface area contributed by atoms with Gasteiger partial charge in [0.1, 0.15) is 16.2 Å². The number of anilines is 1. The van der Waals surface area contributed by atoms with Crippen molar-refractivity contribution in [1.82, 2.24) is 9.59 Å². The quantitative estimate of drug-likeness (QED) is 0.876. The van der Waals surface area contributed by atoms with Crippen molar-refractivity contribution in [1.29, 1.82) is 0 Å². The van der Waals surface area contributed by atoms with E-state index in [1.54, 1.807) is 0 Å². The second kappa shape index (κ2) is 6.31. The van der Waals surface area contributed by atoms with Crippen LogP contribution in [0.5, 0.6) is 5.75 Å². The van der Waals surface area contributed by atoms with E-state index in [0.717, 1.165) is 11.5 Å². The number of carboxylic acids is 1. The van der Waals surface area contributed by atoms with Gasteiger partial charge >= 0.3 is 5.97 Å². The topological polar surface area (TPSA) is 101 Å². The first-order valence-electron chi connectivity index (χ1n) is 6.10. The van der Waals surface area contributed by atoms with E-state index in [1.165, 1.54) is 25.3 Å². The number of aromatic carboxylic acids is 1. The van der Waals surface area contributed by atoms with Gasteiger partial charge in [-0.3, -0.25) is 4.79 Å². The standard InChI is InChI=1S/C13H13N3O4S/c1-3-9-11(21-16-15-9)12(17)14-7-4-5-8(13(18)19)10(6-7)20-2/h4-6H,3H2,1-2H3,(H,14,17)(H,18,19). The van der Waals surface area contributed by atoms with Crippen molar-refractivity contribution < 1.29 is 19.4 Å². The summed E-state index contributed by atoms with van der Waals surface area (Å²) in [7, 11) is 1.37. The van der Waals surface area contributed by atoms with Gasteiger partial charge in [-0.05, 0) is 30.1 Å². The normalized spacial score (nSPS) is 10.2. The molecule has 0 saturated heterocycles. The molecule has 8 heteroatoms. The molecule has 0 spiro atoms. The second-order valence-electron chi connectivity index (χ2n) is 4.08. The number of hydrogen-bond donors (Lipinski definition) is 2. The largest absolute Gasteiger partial charge is 0.496 e. The molecule has 2 N–H and O–H groups in total. The SMILES string of the molecule is CCc1nnsc1C(=O)Nc1ccc(C(=O)O)c(OC)c1. The maximum absolute atomic E-state index is 12.1. The Morgan fingerprint density at radius 2 is 2.19 bits per heavy atom. The van der Waals surface area contributed by atoms with Crippen molar-refractivity contribution in [2.45, 2.75) is 13.3 Å². The molecule has 0 saturated carbocycles. The van der Waals surface area contributed by atoms with E-state index in [9.17, 15) is 9.59 Å². The van der Waals surface area contributed by atoms with Gasteiger partial charge in [0.25, 0.3) is 5.91 Å². The first-order valence-corrected chi connectivity index (χ1v) is 6.88. The molecule has 0 radical (unpaired) electrons. The third-order valence-electron chi connectivity index (χ3n) is 2.79. The van der Waals surface area contributed by atoms with Crippen molar-refractivity contribution >= 4 is 29.1 Å². The van der Waals surface area contributed by atoms with Gasteiger partial charge in [0, 0.05) is 11.8 Å². The van der Waals surface area contributed by atoms with Gasteiger partial charge in [0.2, 0.25) is 0 Å². The maximum atomic E-state index is 12.1. The molecule has 1 heterocycles. The molecular weight excluding hydrogens is 294 g/mol. The molecule has 0 atom stereocenters. The molecule has 7 nitrogen and oxygen atoms in total. The van der Waals surface area contributed by atoms with Gasteiger partial charge in [-0.15, -0.1) is 5.10 Å². The van der Waals surface area contributed by atoms with Gasteiger partial charge in [-0.25, -0.2) is 4.79 Å². The summed E-state index contributed by atoms with van der Waals surface area (Å²) in [5.74, 6) is -1.24. The Morgan fingerprint density at radius 3 is 2.81 bits per heavy atom. The number of hydrogen-bond acceptors (Lipinski definition) is 6. The fourth-order valence-corrected chi connectivity index (χ4v) is 2.39. The minimum atomic E-state index is -1.09. The highest BCUT2D eigenvalue weighted by molar-refractivity contribution is 7.08. The highest BCUT2D eigenvalue weighted by atomic mass is 32.1. The van der Waals surface area contributed by atoms with E-state index in [0.29, 0.717) is 22.7 Å². The monoisotopic (exact) mass is 307 g/mol. The minimum Gasteiger partial charge on any atom is -0.496 e. The highest BCUT2D eigenvalue weighted by Gasteiger charge is 2.17. The summed E-state index contributed by atoms with van der Waals surface area (Å²) < 4.78 is 8.77. The van der Waals surface area contributed by atoms with E-state index < -0.39 is 5.97 Å². The molecular formula is C13H13N3O4S. The van der Waals surface area contributed by atoms with Crippen LogP contribution in [0.3, 0.4) is 0 Å². The van der Waals surface area contributed by atoms with Crippen molar-refractivity contribution in [3.05, 3.63) is 34.3 Å². The first-order chi connectivity index (χ1) is 10.1. The molecule has 2 aromatic rings. The molecule has 1 aromatic carbocycles. The highest BCUT2D eigenvalue weighted by Crippen LogP contribution is 2.24. The summed E-state index contributed by atoms with van der Waals surface area (Å²) in [5, 5.41) is 15.6. The van der Waals surface area contributed by atoms with Crippen LogP contribution in [0, 0.1) is 0 Å². The number of nitrogens with zero attached hydrogens (tertiary/aromatic N) is 2. The van der Waals surface area contributed by atoms with Gasteiger partial charge in [-0.1, -0.05) is 11.4 Å². The molecule has 21 heavy (non-hydrogen) atoms. The zero-order valence-electron chi connectivity index (χ0n) is 11.4. The van der Waals surface area contributed by atoms with Crippen LogP contribution in [0.25, 0.3) is 0 Å². The van der Waals surface area contributed by atoms with Crippen LogP contribution in [0.1, 0.15) is 32.6 Å². The number of carboxylic acid groups (broad SMARTS) is 1. The van der Waals surface area contributed by atoms with E-state index in [2.05, 4.69) is 14.9 Å². The average Bonchev–Trinajstić information content (AvgIpc) is 2.95. The third-order valence-corrected chi connectivity index (χ3v) is 3.55. The predicted octanol–water partition coefficient (Wildman–Crippen LogP) is 2.06. The van der Waals surface area contributed by atoms with Gasteiger partial charge in [0.15, 0.2) is 0 Å². The zero-order valence-corrected chi connectivity index (χ0v) is 12.2. The lowest BCUT2D eigenvalue weighted by atomic mass is 10.1. The molecule has 0 aliphatic rings. The molecule has 110 valence electrons. The molecule has 0 bridgehead atoms. The van der Waals surface area contributed by atoms with Gasteiger partial charge < -0.3 is 15.2 Å². The van der Waals surface area contributed by atoms with E-state index >= 15 is 0 Å². The Balaban J connectivity index is 2.24. The lowest BCUT2D eigenvalue weighted by Gasteiger charge is -2.09. The predicted molar refractivity (Wildman–Crippen MR) is 77.2 cm³/mol. The van der Waals surface area contributed by atoms with E-state index in [4.69, 9.17) is 9.84 Å². The fourth-order valence-electron chi connectivity index (χ4n) is 1.75. The number of carbonyl (C=O) groups excluding carboxylic acids is 1. The number of nitrogens with one attached hydrogen (secondary N) is 1. The van der Waals surface area contributed by atoms with Crippen molar-refractivity contribution in [2.24, 2.45) is 0 Å². The molecule has 0 unspecified atom stereocenters.